The molecule has 1 aromatic carbocycles. The molecule has 0 radical (unpaired) electrons. The molecule has 0 spiro atoms. The molecule has 20 heavy (non-hydrogen) atoms. The average Bonchev–Trinajstić information content (AvgIpc) is 3.17. The number of anilines is 1. The first kappa shape index (κ1) is 12.8. The Hall–Kier alpha value is -2.23. The van der Waals surface area contributed by atoms with Gasteiger partial charge in [0.25, 0.3) is 5.91 Å². The maximum absolute atomic E-state index is 12.0. The van der Waals surface area contributed by atoms with Crippen LogP contribution >= 0.6 is 0 Å². The van der Waals surface area contributed by atoms with Gasteiger partial charge in [0.2, 0.25) is 0 Å². The molecule has 1 amide bonds. The first-order valence-electron chi connectivity index (χ1n) is 6.96. The van der Waals surface area contributed by atoms with Gasteiger partial charge in [-0.05, 0) is 42.7 Å². The summed E-state index contributed by atoms with van der Waals surface area (Å²) in [5, 5.41) is 6.35. The fraction of sp³-hybridized carbons (Fsp3) is 0.312. The number of benzene rings is 1. The van der Waals surface area contributed by atoms with Gasteiger partial charge in [-0.15, -0.1) is 0 Å². The molecular formula is C16H19N3O. The summed E-state index contributed by atoms with van der Waals surface area (Å²) < 4.78 is 2.02. The zero-order valence-corrected chi connectivity index (χ0v) is 11.6. The van der Waals surface area contributed by atoms with Gasteiger partial charge in [0.15, 0.2) is 0 Å². The number of aryl methyl sites for hydroxylation is 1. The van der Waals surface area contributed by atoms with Crippen LogP contribution in [0.15, 0.2) is 42.7 Å². The van der Waals surface area contributed by atoms with E-state index < -0.39 is 0 Å². The van der Waals surface area contributed by atoms with Crippen LogP contribution in [-0.2, 0) is 13.6 Å². The molecular weight excluding hydrogens is 250 g/mol. The van der Waals surface area contributed by atoms with Crippen molar-refractivity contribution >= 4 is 11.6 Å². The summed E-state index contributed by atoms with van der Waals surface area (Å²) >= 11 is 0. The van der Waals surface area contributed by atoms with Gasteiger partial charge in [0.1, 0.15) is 0 Å². The molecule has 1 saturated carbocycles. The normalized spacial score (nSPS) is 14.1. The Morgan fingerprint density at radius 1 is 1.35 bits per heavy atom. The van der Waals surface area contributed by atoms with Gasteiger partial charge >= 0.3 is 0 Å². The fourth-order valence-corrected chi connectivity index (χ4v) is 2.14. The zero-order valence-electron chi connectivity index (χ0n) is 11.6. The topological polar surface area (TPSA) is 46.1 Å². The summed E-state index contributed by atoms with van der Waals surface area (Å²) in [7, 11) is 2.01. The van der Waals surface area contributed by atoms with E-state index in [9.17, 15) is 4.79 Å². The molecule has 2 aromatic rings. The van der Waals surface area contributed by atoms with E-state index in [-0.39, 0.29) is 5.91 Å². The van der Waals surface area contributed by atoms with E-state index in [1.807, 2.05) is 42.1 Å². The Balaban J connectivity index is 1.62. The van der Waals surface area contributed by atoms with Crippen LogP contribution in [0.5, 0.6) is 0 Å². The summed E-state index contributed by atoms with van der Waals surface area (Å²) in [6, 6.07) is 10.1. The van der Waals surface area contributed by atoms with Crippen molar-refractivity contribution in [1.82, 2.24) is 9.88 Å². The number of amides is 1. The first-order valence-corrected chi connectivity index (χ1v) is 6.96. The van der Waals surface area contributed by atoms with Crippen LogP contribution < -0.4 is 10.6 Å². The van der Waals surface area contributed by atoms with E-state index in [0.717, 1.165) is 30.6 Å². The van der Waals surface area contributed by atoms with Crippen molar-refractivity contribution in [2.45, 2.75) is 25.4 Å². The highest BCUT2D eigenvalue weighted by Crippen LogP contribution is 2.20. The van der Waals surface area contributed by atoms with E-state index in [4.69, 9.17) is 0 Å². The highest BCUT2D eigenvalue weighted by molar-refractivity contribution is 5.95. The first-order chi connectivity index (χ1) is 9.70. The van der Waals surface area contributed by atoms with Crippen LogP contribution in [0, 0.1) is 0 Å². The third-order valence-corrected chi connectivity index (χ3v) is 3.43. The van der Waals surface area contributed by atoms with Crippen LogP contribution in [0.3, 0.4) is 0 Å². The van der Waals surface area contributed by atoms with Crippen LogP contribution in [0.25, 0.3) is 0 Å². The lowest BCUT2D eigenvalue weighted by Crippen LogP contribution is -2.25. The number of hydrogen-bond acceptors (Lipinski definition) is 2. The van der Waals surface area contributed by atoms with Crippen molar-refractivity contribution in [3.63, 3.8) is 0 Å². The second-order valence-corrected chi connectivity index (χ2v) is 5.37. The molecule has 1 fully saturated rings. The number of hydrogen-bond donors (Lipinski definition) is 2. The second kappa shape index (κ2) is 5.41. The zero-order chi connectivity index (χ0) is 13.9. The lowest BCUT2D eigenvalue weighted by Gasteiger charge is -2.08. The Bertz CT molecular complexity index is 614. The maximum Gasteiger partial charge on any atom is 0.251 e. The van der Waals surface area contributed by atoms with Crippen molar-refractivity contribution in [2.75, 3.05) is 5.32 Å². The van der Waals surface area contributed by atoms with Gasteiger partial charge in [0, 0.05) is 43.3 Å². The summed E-state index contributed by atoms with van der Waals surface area (Å²) in [6.45, 7) is 0.758. The molecule has 0 atom stereocenters. The van der Waals surface area contributed by atoms with Crippen molar-refractivity contribution in [1.29, 1.82) is 0 Å². The lowest BCUT2D eigenvalue weighted by molar-refractivity contribution is 0.0951. The molecule has 1 aliphatic carbocycles. The molecule has 3 rings (SSSR count). The average molecular weight is 269 g/mol. The van der Waals surface area contributed by atoms with Crippen molar-refractivity contribution in [3.8, 4) is 0 Å². The van der Waals surface area contributed by atoms with E-state index in [1.165, 1.54) is 5.56 Å². The fourth-order valence-electron chi connectivity index (χ4n) is 2.14. The maximum atomic E-state index is 12.0. The number of carbonyl (C=O) groups excluding carboxylic acids is 1. The number of rotatable bonds is 5. The van der Waals surface area contributed by atoms with Gasteiger partial charge in [-0.1, -0.05) is 6.07 Å². The molecule has 4 nitrogen and oxygen atoms in total. The standard InChI is InChI=1S/C16H19N3O/c1-19-8-7-12(11-19)10-17-15-4-2-3-13(9-15)16(20)18-14-5-6-14/h2-4,7-9,11,14,17H,5-6,10H2,1H3,(H,18,20). The van der Waals surface area contributed by atoms with Crippen molar-refractivity contribution in [3.05, 3.63) is 53.9 Å². The largest absolute Gasteiger partial charge is 0.381 e. The second-order valence-electron chi connectivity index (χ2n) is 5.37. The molecule has 0 bridgehead atoms. The number of nitrogens with one attached hydrogen (secondary N) is 2. The Kier molecular flexibility index (Phi) is 3.46. The Labute approximate surface area is 118 Å². The van der Waals surface area contributed by atoms with Gasteiger partial charge in [-0.25, -0.2) is 0 Å². The van der Waals surface area contributed by atoms with E-state index >= 15 is 0 Å². The summed E-state index contributed by atoms with van der Waals surface area (Å²) in [5.41, 5.74) is 2.91. The van der Waals surface area contributed by atoms with Gasteiger partial charge < -0.3 is 15.2 Å². The minimum atomic E-state index is 0.0239. The van der Waals surface area contributed by atoms with Crippen molar-refractivity contribution in [2.24, 2.45) is 7.05 Å². The lowest BCUT2D eigenvalue weighted by atomic mass is 10.2. The molecule has 1 aromatic heterocycles. The SMILES string of the molecule is Cn1ccc(CNc2cccc(C(=O)NC3CC3)c2)c1. The third kappa shape index (κ3) is 3.20. The van der Waals surface area contributed by atoms with Crippen LogP contribution in [0.1, 0.15) is 28.8 Å². The van der Waals surface area contributed by atoms with Crippen LogP contribution in [-0.4, -0.2) is 16.5 Å². The number of aromatic nitrogens is 1. The van der Waals surface area contributed by atoms with Gasteiger partial charge in [-0.2, -0.15) is 0 Å². The van der Waals surface area contributed by atoms with Gasteiger partial charge in [0.05, 0.1) is 0 Å². The van der Waals surface area contributed by atoms with E-state index in [0.29, 0.717) is 6.04 Å². The molecule has 2 N–H and O–H groups in total. The Morgan fingerprint density at radius 2 is 2.20 bits per heavy atom. The third-order valence-electron chi connectivity index (χ3n) is 3.43. The number of nitrogens with zero attached hydrogens (tertiary/aromatic N) is 1. The predicted octanol–water partition coefficient (Wildman–Crippen LogP) is 2.53. The molecule has 1 heterocycles. The molecule has 1 aliphatic rings. The summed E-state index contributed by atoms with van der Waals surface area (Å²) in [6.07, 6.45) is 6.32. The van der Waals surface area contributed by atoms with Gasteiger partial charge in [-0.3, -0.25) is 4.79 Å². The number of carbonyl (C=O) groups is 1. The molecule has 0 unspecified atom stereocenters. The van der Waals surface area contributed by atoms with E-state index in [2.05, 4.69) is 22.9 Å². The minimum absolute atomic E-state index is 0.0239. The molecule has 0 aliphatic heterocycles. The quantitative estimate of drug-likeness (QED) is 0.876. The smallest absolute Gasteiger partial charge is 0.251 e. The van der Waals surface area contributed by atoms with E-state index in [1.54, 1.807) is 0 Å². The minimum Gasteiger partial charge on any atom is -0.381 e. The molecule has 0 saturated heterocycles. The Morgan fingerprint density at radius 3 is 2.90 bits per heavy atom. The molecule has 104 valence electrons. The molecule has 4 heteroatoms. The van der Waals surface area contributed by atoms with Crippen molar-refractivity contribution < 1.29 is 4.79 Å². The highest BCUT2D eigenvalue weighted by Gasteiger charge is 2.23. The summed E-state index contributed by atoms with van der Waals surface area (Å²) in [5.74, 6) is 0.0239. The monoisotopic (exact) mass is 269 g/mol. The van der Waals surface area contributed by atoms with Crippen LogP contribution in [0.2, 0.25) is 0 Å². The predicted molar refractivity (Wildman–Crippen MR) is 79.7 cm³/mol. The summed E-state index contributed by atoms with van der Waals surface area (Å²) in [4.78, 5) is 12.0. The highest BCUT2D eigenvalue weighted by atomic mass is 16.1. The van der Waals surface area contributed by atoms with Crippen LogP contribution in [0.4, 0.5) is 5.69 Å².